The molecule has 0 spiro atoms. The van der Waals surface area contributed by atoms with Crippen LogP contribution in [0.3, 0.4) is 0 Å². The maximum Gasteiger partial charge on any atom is 0.243 e. The smallest absolute Gasteiger partial charge is 0.243 e. The van der Waals surface area contributed by atoms with Crippen LogP contribution in [0.4, 0.5) is 0 Å². The summed E-state index contributed by atoms with van der Waals surface area (Å²) in [5, 5.41) is 9.02. The zero-order chi connectivity index (χ0) is 19.3. The molecule has 0 aromatic heterocycles. The van der Waals surface area contributed by atoms with Gasteiger partial charge in [0.1, 0.15) is 6.54 Å². The van der Waals surface area contributed by atoms with E-state index in [4.69, 9.17) is 5.26 Å². The van der Waals surface area contributed by atoms with E-state index in [2.05, 4.69) is 13.0 Å². The second-order valence-corrected chi connectivity index (χ2v) is 8.97. The van der Waals surface area contributed by atoms with Gasteiger partial charge < -0.3 is 4.90 Å². The maximum atomic E-state index is 12.9. The molecule has 1 saturated heterocycles. The predicted octanol–water partition coefficient (Wildman–Crippen LogP) is 1.60. The molecular weight excluding hydrogens is 358 g/mol. The number of aryl methyl sites for hydroxylation is 1. The lowest BCUT2D eigenvalue weighted by Crippen LogP contribution is -3.13. The molecule has 0 bridgehead atoms. The van der Waals surface area contributed by atoms with E-state index in [9.17, 15) is 8.42 Å². The van der Waals surface area contributed by atoms with Crippen molar-refractivity contribution >= 4 is 10.0 Å². The van der Waals surface area contributed by atoms with Crippen LogP contribution in [0.1, 0.15) is 30.0 Å². The van der Waals surface area contributed by atoms with E-state index >= 15 is 0 Å². The maximum absolute atomic E-state index is 12.9. The minimum absolute atomic E-state index is 0.382. The van der Waals surface area contributed by atoms with Crippen LogP contribution in [0.5, 0.6) is 0 Å². The third-order valence-electron chi connectivity index (χ3n) is 5.04. The van der Waals surface area contributed by atoms with Crippen molar-refractivity contribution in [1.29, 1.82) is 5.26 Å². The van der Waals surface area contributed by atoms with Gasteiger partial charge in [0.25, 0.3) is 0 Å². The Kier molecular flexibility index (Phi) is 6.27. The van der Waals surface area contributed by atoms with Gasteiger partial charge in [0.2, 0.25) is 10.0 Å². The van der Waals surface area contributed by atoms with Crippen molar-refractivity contribution in [2.45, 2.75) is 31.2 Å². The highest BCUT2D eigenvalue weighted by Gasteiger charge is 2.30. The van der Waals surface area contributed by atoms with E-state index < -0.39 is 10.0 Å². The minimum atomic E-state index is -3.42. The number of piperazine rings is 1. The van der Waals surface area contributed by atoms with Gasteiger partial charge in [-0.3, -0.25) is 0 Å². The number of benzene rings is 2. The van der Waals surface area contributed by atoms with Crippen LogP contribution in [-0.4, -0.2) is 38.9 Å². The molecule has 27 heavy (non-hydrogen) atoms. The molecule has 0 saturated carbocycles. The predicted molar refractivity (Wildman–Crippen MR) is 105 cm³/mol. The molecule has 0 atom stereocenters. The molecule has 1 aliphatic heterocycles. The van der Waals surface area contributed by atoms with Crippen molar-refractivity contribution in [2.75, 3.05) is 26.2 Å². The van der Waals surface area contributed by atoms with Gasteiger partial charge in [0.05, 0.1) is 42.7 Å². The Morgan fingerprint density at radius 3 is 2.41 bits per heavy atom. The molecule has 5 nitrogen and oxygen atoms in total. The molecule has 0 amide bonds. The van der Waals surface area contributed by atoms with Crippen LogP contribution in [0.2, 0.25) is 0 Å². The number of sulfonamides is 1. The molecule has 0 aliphatic carbocycles. The molecule has 0 unspecified atom stereocenters. The number of nitrogens with zero attached hydrogens (tertiary/aromatic N) is 2. The Morgan fingerprint density at radius 2 is 1.78 bits per heavy atom. The number of quaternary nitrogens is 1. The Bertz CT molecular complexity index is 909. The third-order valence-corrected chi connectivity index (χ3v) is 6.95. The highest BCUT2D eigenvalue weighted by molar-refractivity contribution is 7.89. The van der Waals surface area contributed by atoms with Gasteiger partial charge in [-0.05, 0) is 36.2 Å². The van der Waals surface area contributed by atoms with Crippen LogP contribution in [0, 0.1) is 11.3 Å². The van der Waals surface area contributed by atoms with Gasteiger partial charge >= 0.3 is 0 Å². The molecule has 3 rings (SSSR count). The number of hydrogen-bond acceptors (Lipinski definition) is 3. The first-order valence-corrected chi connectivity index (χ1v) is 10.9. The summed E-state index contributed by atoms with van der Waals surface area (Å²) < 4.78 is 27.4. The van der Waals surface area contributed by atoms with E-state index in [0.29, 0.717) is 23.5 Å². The first-order chi connectivity index (χ1) is 13.0. The SMILES string of the molecule is CCCc1ccc(S(=O)(=O)N2CC[NH+](Cc3cccc(C#N)c3)CC2)cc1. The zero-order valence-electron chi connectivity index (χ0n) is 15.7. The second kappa shape index (κ2) is 8.66. The van der Waals surface area contributed by atoms with Gasteiger partial charge in [-0.2, -0.15) is 9.57 Å². The largest absolute Gasteiger partial charge is 0.329 e. The number of nitrogens with one attached hydrogen (secondary N) is 1. The molecule has 6 heteroatoms. The fraction of sp³-hybridized carbons (Fsp3) is 0.381. The molecule has 1 heterocycles. The topological polar surface area (TPSA) is 65.6 Å². The summed E-state index contributed by atoms with van der Waals surface area (Å²) in [5.41, 5.74) is 2.96. The Labute approximate surface area is 161 Å². The van der Waals surface area contributed by atoms with Crippen molar-refractivity contribution in [3.05, 3.63) is 65.2 Å². The Hall–Kier alpha value is -2.20. The van der Waals surface area contributed by atoms with E-state index in [1.165, 1.54) is 10.5 Å². The van der Waals surface area contributed by atoms with Gasteiger partial charge in [0.15, 0.2) is 0 Å². The second-order valence-electron chi connectivity index (χ2n) is 7.04. The lowest BCUT2D eigenvalue weighted by atomic mass is 10.1. The summed E-state index contributed by atoms with van der Waals surface area (Å²) >= 11 is 0. The summed E-state index contributed by atoms with van der Waals surface area (Å²) in [6, 6.07) is 17.1. The molecule has 2 aromatic carbocycles. The summed E-state index contributed by atoms with van der Waals surface area (Å²) in [5.74, 6) is 0. The summed E-state index contributed by atoms with van der Waals surface area (Å²) in [6.45, 7) is 5.50. The van der Waals surface area contributed by atoms with Crippen LogP contribution in [-0.2, 0) is 23.0 Å². The van der Waals surface area contributed by atoms with Crippen LogP contribution < -0.4 is 4.90 Å². The van der Waals surface area contributed by atoms with E-state index in [1.807, 2.05) is 30.3 Å². The fourth-order valence-corrected chi connectivity index (χ4v) is 4.97. The van der Waals surface area contributed by atoms with Crippen LogP contribution >= 0.6 is 0 Å². The summed E-state index contributed by atoms with van der Waals surface area (Å²) in [6.07, 6.45) is 2.02. The fourth-order valence-electron chi connectivity index (χ4n) is 3.52. The van der Waals surface area contributed by atoms with Crippen molar-refractivity contribution < 1.29 is 13.3 Å². The van der Waals surface area contributed by atoms with Gasteiger partial charge in [0, 0.05) is 5.56 Å². The highest BCUT2D eigenvalue weighted by Crippen LogP contribution is 2.17. The minimum Gasteiger partial charge on any atom is -0.329 e. The Balaban J connectivity index is 1.61. The van der Waals surface area contributed by atoms with E-state index in [1.54, 1.807) is 22.5 Å². The normalized spacial score (nSPS) is 16.1. The average Bonchev–Trinajstić information content (AvgIpc) is 2.69. The van der Waals surface area contributed by atoms with Crippen LogP contribution in [0.15, 0.2) is 53.4 Å². The monoisotopic (exact) mass is 384 g/mol. The van der Waals surface area contributed by atoms with Crippen molar-refractivity contribution in [3.8, 4) is 6.07 Å². The van der Waals surface area contributed by atoms with E-state index in [-0.39, 0.29) is 0 Å². The first kappa shape index (κ1) is 19.6. The molecule has 142 valence electrons. The quantitative estimate of drug-likeness (QED) is 0.823. The van der Waals surface area contributed by atoms with Gasteiger partial charge in [-0.15, -0.1) is 0 Å². The number of rotatable bonds is 6. The zero-order valence-corrected chi connectivity index (χ0v) is 16.5. The standard InChI is InChI=1S/C21H25N3O2S/c1-2-4-18-7-9-21(10-8-18)27(25,26)24-13-11-23(12-14-24)17-20-6-3-5-19(15-20)16-22/h3,5-10,15H,2,4,11-14,17H2,1H3/p+1. The molecule has 1 N–H and O–H groups in total. The summed E-state index contributed by atoms with van der Waals surface area (Å²) in [7, 11) is -3.42. The van der Waals surface area contributed by atoms with E-state index in [0.717, 1.165) is 38.0 Å². The molecule has 1 aliphatic rings. The lowest BCUT2D eigenvalue weighted by molar-refractivity contribution is -0.917. The van der Waals surface area contributed by atoms with Gasteiger partial charge in [-0.25, -0.2) is 8.42 Å². The third kappa shape index (κ3) is 4.75. The molecule has 2 aromatic rings. The summed E-state index contributed by atoms with van der Waals surface area (Å²) in [4.78, 5) is 1.72. The first-order valence-electron chi connectivity index (χ1n) is 9.44. The van der Waals surface area contributed by atoms with Crippen LogP contribution in [0.25, 0.3) is 0 Å². The van der Waals surface area contributed by atoms with Crippen molar-refractivity contribution in [1.82, 2.24) is 4.31 Å². The molecule has 0 radical (unpaired) electrons. The number of nitriles is 1. The lowest BCUT2D eigenvalue weighted by Gasteiger charge is -2.31. The molecule has 1 fully saturated rings. The average molecular weight is 385 g/mol. The number of hydrogen-bond donors (Lipinski definition) is 1. The Morgan fingerprint density at radius 1 is 1.07 bits per heavy atom. The highest BCUT2D eigenvalue weighted by atomic mass is 32.2. The van der Waals surface area contributed by atoms with Crippen molar-refractivity contribution in [2.24, 2.45) is 0 Å². The van der Waals surface area contributed by atoms with Crippen molar-refractivity contribution in [3.63, 3.8) is 0 Å². The molecular formula is C21H26N3O2S+. The van der Waals surface area contributed by atoms with Gasteiger partial charge in [-0.1, -0.05) is 37.6 Å².